The van der Waals surface area contributed by atoms with E-state index >= 15 is 0 Å². The Bertz CT molecular complexity index is 920. The summed E-state index contributed by atoms with van der Waals surface area (Å²) < 4.78 is 11.0. The summed E-state index contributed by atoms with van der Waals surface area (Å²) in [5, 5.41) is 12.4. The van der Waals surface area contributed by atoms with Gasteiger partial charge in [0.15, 0.2) is 6.61 Å². The van der Waals surface area contributed by atoms with Gasteiger partial charge >= 0.3 is 0 Å². The number of aryl methyl sites for hydroxylation is 1. The Kier molecular flexibility index (Phi) is 5.61. The number of carbonyl (C=O) groups is 1. The minimum absolute atomic E-state index is 0.0990. The molecule has 1 heterocycles. The van der Waals surface area contributed by atoms with Crippen molar-refractivity contribution in [2.45, 2.75) is 13.5 Å². The number of hydrogen-bond donors (Lipinski definition) is 2. The van der Waals surface area contributed by atoms with Gasteiger partial charge in [-0.25, -0.2) is 0 Å². The van der Waals surface area contributed by atoms with Crippen LogP contribution in [-0.2, 0) is 11.4 Å². The fourth-order valence-electron chi connectivity index (χ4n) is 2.46. The lowest BCUT2D eigenvalue weighted by Gasteiger charge is -2.10. The second-order valence-electron chi connectivity index (χ2n) is 5.72. The number of carbonyl (C=O) groups excluding carboxylic acids is 1. The molecule has 0 radical (unpaired) electrons. The van der Waals surface area contributed by atoms with Crippen LogP contribution in [0.15, 0.2) is 59.0 Å². The Morgan fingerprint density at radius 1 is 1.19 bits per heavy atom. The van der Waals surface area contributed by atoms with Crippen molar-refractivity contribution in [2.75, 3.05) is 11.9 Å². The SMILES string of the molecule is Cc1ccccc1OCC(=O)Nc1ccc(Cl)c(-c2ccc(CO)o2)c1. The van der Waals surface area contributed by atoms with E-state index in [1.54, 1.807) is 30.3 Å². The summed E-state index contributed by atoms with van der Waals surface area (Å²) in [6.07, 6.45) is 0. The van der Waals surface area contributed by atoms with Gasteiger partial charge in [-0.3, -0.25) is 4.79 Å². The molecule has 0 unspecified atom stereocenters. The topological polar surface area (TPSA) is 71.7 Å². The molecule has 0 bridgehead atoms. The number of hydrogen-bond acceptors (Lipinski definition) is 4. The number of ether oxygens (including phenoxy) is 1. The van der Waals surface area contributed by atoms with Gasteiger partial charge in [0.05, 0.1) is 5.02 Å². The highest BCUT2D eigenvalue weighted by Gasteiger charge is 2.11. The summed E-state index contributed by atoms with van der Waals surface area (Å²) in [4.78, 5) is 12.2. The number of furan rings is 1. The largest absolute Gasteiger partial charge is 0.483 e. The van der Waals surface area contributed by atoms with Gasteiger partial charge in [0.25, 0.3) is 5.91 Å². The van der Waals surface area contributed by atoms with Gasteiger partial charge in [0, 0.05) is 11.3 Å². The minimum atomic E-state index is -0.281. The van der Waals surface area contributed by atoms with Crippen LogP contribution in [0, 0.1) is 6.92 Å². The Labute approximate surface area is 156 Å². The van der Waals surface area contributed by atoms with Gasteiger partial charge in [-0.1, -0.05) is 29.8 Å². The van der Waals surface area contributed by atoms with E-state index in [9.17, 15) is 4.79 Å². The first-order chi connectivity index (χ1) is 12.6. The molecule has 0 spiro atoms. The third-order valence-electron chi connectivity index (χ3n) is 3.79. The van der Waals surface area contributed by atoms with E-state index < -0.39 is 0 Å². The third kappa shape index (κ3) is 4.25. The third-order valence-corrected chi connectivity index (χ3v) is 4.12. The van der Waals surface area contributed by atoms with Crippen LogP contribution < -0.4 is 10.1 Å². The van der Waals surface area contributed by atoms with E-state index in [1.807, 2.05) is 31.2 Å². The molecule has 0 saturated carbocycles. The summed E-state index contributed by atoms with van der Waals surface area (Å²) in [6, 6.07) is 16.0. The van der Waals surface area contributed by atoms with Crippen molar-refractivity contribution in [1.82, 2.24) is 0 Å². The van der Waals surface area contributed by atoms with Crippen LogP contribution >= 0.6 is 11.6 Å². The van der Waals surface area contributed by atoms with E-state index in [2.05, 4.69) is 5.32 Å². The van der Waals surface area contributed by atoms with Gasteiger partial charge in [0.1, 0.15) is 23.9 Å². The number of halogens is 1. The van der Waals surface area contributed by atoms with Crippen LogP contribution in [0.5, 0.6) is 5.75 Å². The standard InChI is InChI=1S/C20H18ClNO4/c1-13-4-2-3-5-18(13)25-12-20(24)22-14-6-8-17(21)16(10-14)19-9-7-15(11-23)26-19/h2-10,23H,11-12H2,1H3,(H,22,24). The fraction of sp³-hybridized carbons (Fsp3) is 0.150. The maximum Gasteiger partial charge on any atom is 0.262 e. The molecule has 0 fully saturated rings. The monoisotopic (exact) mass is 371 g/mol. The molecule has 1 aromatic heterocycles. The zero-order valence-electron chi connectivity index (χ0n) is 14.2. The van der Waals surface area contributed by atoms with Crippen LogP contribution in [0.1, 0.15) is 11.3 Å². The molecule has 0 aliphatic heterocycles. The molecule has 0 saturated heterocycles. The number of aliphatic hydroxyl groups is 1. The molecule has 0 atom stereocenters. The van der Waals surface area contributed by atoms with Gasteiger partial charge in [-0.15, -0.1) is 0 Å². The average molecular weight is 372 g/mol. The second-order valence-corrected chi connectivity index (χ2v) is 6.13. The predicted octanol–water partition coefficient (Wildman–Crippen LogP) is 4.42. The summed E-state index contributed by atoms with van der Waals surface area (Å²) in [5.41, 5.74) is 2.17. The average Bonchev–Trinajstić information content (AvgIpc) is 3.11. The molecular weight excluding hydrogens is 354 g/mol. The first-order valence-electron chi connectivity index (χ1n) is 8.04. The number of nitrogens with one attached hydrogen (secondary N) is 1. The number of rotatable bonds is 6. The summed E-state index contributed by atoms with van der Waals surface area (Å²) in [7, 11) is 0. The molecule has 1 amide bonds. The lowest BCUT2D eigenvalue weighted by molar-refractivity contribution is -0.118. The Hall–Kier alpha value is -2.76. The van der Waals surface area contributed by atoms with E-state index in [-0.39, 0.29) is 19.1 Å². The minimum Gasteiger partial charge on any atom is -0.483 e. The number of para-hydroxylation sites is 1. The molecular formula is C20H18ClNO4. The van der Waals surface area contributed by atoms with Crippen molar-refractivity contribution in [3.8, 4) is 17.1 Å². The molecule has 5 nitrogen and oxygen atoms in total. The van der Waals surface area contributed by atoms with E-state index in [1.165, 1.54) is 0 Å². The molecule has 6 heteroatoms. The maximum atomic E-state index is 12.2. The van der Waals surface area contributed by atoms with Gasteiger partial charge in [-0.2, -0.15) is 0 Å². The first-order valence-corrected chi connectivity index (χ1v) is 8.42. The maximum absolute atomic E-state index is 12.2. The quantitative estimate of drug-likeness (QED) is 0.672. The van der Waals surface area contributed by atoms with Crippen LogP contribution in [-0.4, -0.2) is 17.6 Å². The van der Waals surface area contributed by atoms with Gasteiger partial charge in [0.2, 0.25) is 0 Å². The van der Waals surface area contributed by atoms with Gasteiger partial charge in [-0.05, 0) is 48.9 Å². The number of aliphatic hydroxyl groups excluding tert-OH is 1. The predicted molar refractivity (Wildman–Crippen MR) is 100 cm³/mol. The normalized spacial score (nSPS) is 10.6. The Morgan fingerprint density at radius 2 is 2.00 bits per heavy atom. The molecule has 3 aromatic rings. The van der Waals surface area contributed by atoms with Gasteiger partial charge < -0.3 is 19.6 Å². The van der Waals surface area contributed by atoms with Crippen molar-refractivity contribution in [2.24, 2.45) is 0 Å². The lowest BCUT2D eigenvalue weighted by Crippen LogP contribution is -2.20. The molecule has 0 aliphatic carbocycles. The molecule has 134 valence electrons. The van der Waals surface area contributed by atoms with Crippen LogP contribution in [0.2, 0.25) is 5.02 Å². The lowest BCUT2D eigenvalue weighted by atomic mass is 10.1. The van der Waals surface area contributed by atoms with Crippen molar-refractivity contribution < 1.29 is 19.1 Å². The van der Waals surface area contributed by atoms with Crippen LogP contribution in [0.3, 0.4) is 0 Å². The summed E-state index contributed by atoms with van der Waals surface area (Å²) >= 11 is 6.22. The second kappa shape index (κ2) is 8.08. The molecule has 26 heavy (non-hydrogen) atoms. The molecule has 3 rings (SSSR count). The number of anilines is 1. The highest BCUT2D eigenvalue weighted by atomic mass is 35.5. The Morgan fingerprint density at radius 3 is 2.73 bits per heavy atom. The zero-order chi connectivity index (χ0) is 18.5. The zero-order valence-corrected chi connectivity index (χ0v) is 14.9. The first kappa shape index (κ1) is 18.0. The fourth-order valence-corrected chi connectivity index (χ4v) is 2.67. The molecule has 2 N–H and O–H groups in total. The summed E-state index contributed by atoms with van der Waals surface area (Å²) in [5.74, 6) is 1.35. The number of benzene rings is 2. The van der Waals surface area contributed by atoms with E-state index in [4.69, 9.17) is 25.9 Å². The van der Waals surface area contributed by atoms with Crippen molar-refractivity contribution >= 4 is 23.2 Å². The van der Waals surface area contributed by atoms with Crippen molar-refractivity contribution in [3.05, 3.63) is 70.9 Å². The highest BCUT2D eigenvalue weighted by Crippen LogP contribution is 2.32. The van der Waals surface area contributed by atoms with E-state index in [0.29, 0.717) is 33.5 Å². The summed E-state index contributed by atoms with van der Waals surface area (Å²) in [6.45, 7) is 1.63. The number of amides is 1. The van der Waals surface area contributed by atoms with Crippen molar-refractivity contribution in [1.29, 1.82) is 0 Å². The molecule has 0 aliphatic rings. The highest BCUT2D eigenvalue weighted by molar-refractivity contribution is 6.33. The van der Waals surface area contributed by atoms with E-state index in [0.717, 1.165) is 5.56 Å². The van der Waals surface area contributed by atoms with Crippen molar-refractivity contribution in [3.63, 3.8) is 0 Å². The van der Waals surface area contributed by atoms with Crippen LogP contribution in [0.25, 0.3) is 11.3 Å². The van der Waals surface area contributed by atoms with Crippen LogP contribution in [0.4, 0.5) is 5.69 Å². The Balaban J connectivity index is 1.69. The smallest absolute Gasteiger partial charge is 0.262 e. The molecule has 2 aromatic carbocycles.